The molecule has 1 fully saturated rings. The first kappa shape index (κ1) is 23.1. The van der Waals surface area contributed by atoms with Gasteiger partial charge in [0.1, 0.15) is 5.75 Å². The standard InChI is InChI=1S/C22H31N5O3S/c1-14(2)27-19(16-10-12-18(30-4)13-11-16)25-26-22(27)31-15(3)20(28)24-21(29)23-17-8-6-5-7-9-17/h10-15,17H,5-9H2,1-4H3,(H2,23,24,28,29)/t15-/m1/s1. The van der Waals surface area contributed by atoms with Gasteiger partial charge in [0, 0.05) is 17.6 Å². The van der Waals surface area contributed by atoms with E-state index in [1.165, 1.54) is 18.2 Å². The fraction of sp³-hybridized carbons (Fsp3) is 0.545. The summed E-state index contributed by atoms with van der Waals surface area (Å²) >= 11 is 1.29. The minimum atomic E-state index is -0.498. The maximum Gasteiger partial charge on any atom is 0.321 e. The summed E-state index contributed by atoms with van der Waals surface area (Å²) < 4.78 is 7.22. The second kappa shape index (κ2) is 10.7. The summed E-state index contributed by atoms with van der Waals surface area (Å²) in [5.41, 5.74) is 0.915. The lowest BCUT2D eigenvalue weighted by Crippen LogP contribution is -2.47. The molecular weight excluding hydrogens is 414 g/mol. The van der Waals surface area contributed by atoms with Crippen LogP contribution in [0.1, 0.15) is 58.9 Å². The van der Waals surface area contributed by atoms with E-state index >= 15 is 0 Å². The Morgan fingerprint density at radius 2 is 1.77 bits per heavy atom. The van der Waals surface area contributed by atoms with Crippen LogP contribution < -0.4 is 15.4 Å². The number of hydrogen-bond donors (Lipinski definition) is 2. The van der Waals surface area contributed by atoms with Crippen LogP contribution in [0.2, 0.25) is 0 Å². The minimum Gasteiger partial charge on any atom is -0.497 e. The van der Waals surface area contributed by atoms with Crippen LogP contribution in [-0.4, -0.2) is 45.1 Å². The Bertz CT molecular complexity index is 891. The lowest BCUT2D eigenvalue weighted by Gasteiger charge is -2.23. The number of carbonyl (C=O) groups is 2. The molecule has 1 aromatic carbocycles. The quantitative estimate of drug-likeness (QED) is 0.621. The van der Waals surface area contributed by atoms with Crippen molar-refractivity contribution in [3.8, 4) is 17.1 Å². The number of methoxy groups -OCH3 is 1. The van der Waals surface area contributed by atoms with E-state index in [-0.39, 0.29) is 18.0 Å². The molecule has 1 heterocycles. The van der Waals surface area contributed by atoms with Crippen molar-refractivity contribution in [3.63, 3.8) is 0 Å². The van der Waals surface area contributed by atoms with E-state index in [1.807, 2.05) is 42.7 Å². The minimum absolute atomic E-state index is 0.0967. The number of hydrogen-bond acceptors (Lipinski definition) is 6. The molecule has 2 N–H and O–H groups in total. The second-order valence-corrected chi connectivity index (χ2v) is 9.36. The van der Waals surface area contributed by atoms with Crippen LogP contribution in [0.15, 0.2) is 29.4 Å². The molecule has 1 aliphatic carbocycles. The van der Waals surface area contributed by atoms with Crippen molar-refractivity contribution < 1.29 is 14.3 Å². The highest BCUT2D eigenvalue weighted by Crippen LogP contribution is 2.30. The van der Waals surface area contributed by atoms with E-state index < -0.39 is 11.3 Å². The molecule has 0 spiro atoms. The summed E-state index contributed by atoms with van der Waals surface area (Å²) in [5, 5.41) is 14.2. The third-order valence-electron chi connectivity index (χ3n) is 5.36. The van der Waals surface area contributed by atoms with E-state index in [1.54, 1.807) is 14.0 Å². The van der Waals surface area contributed by atoms with Crippen molar-refractivity contribution in [2.24, 2.45) is 0 Å². The molecule has 1 aromatic heterocycles. The Labute approximate surface area is 187 Å². The van der Waals surface area contributed by atoms with Gasteiger partial charge in [0.2, 0.25) is 5.91 Å². The normalized spacial score (nSPS) is 15.5. The van der Waals surface area contributed by atoms with Gasteiger partial charge in [0.25, 0.3) is 0 Å². The molecule has 3 rings (SSSR count). The summed E-state index contributed by atoms with van der Waals surface area (Å²) in [6, 6.07) is 7.45. The Morgan fingerprint density at radius 1 is 1.10 bits per heavy atom. The zero-order chi connectivity index (χ0) is 22.4. The maximum atomic E-state index is 12.6. The zero-order valence-electron chi connectivity index (χ0n) is 18.6. The van der Waals surface area contributed by atoms with Gasteiger partial charge in [0.05, 0.1) is 12.4 Å². The van der Waals surface area contributed by atoms with Gasteiger partial charge in [-0.15, -0.1) is 10.2 Å². The number of carbonyl (C=O) groups excluding carboxylic acids is 2. The largest absolute Gasteiger partial charge is 0.497 e. The molecule has 0 unspecified atom stereocenters. The van der Waals surface area contributed by atoms with Crippen LogP contribution in [0.25, 0.3) is 11.4 Å². The lowest BCUT2D eigenvalue weighted by atomic mass is 9.96. The molecule has 31 heavy (non-hydrogen) atoms. The molecule has 1 aliphatic rings. The number of rotatable bonds is 7. The van der Waals surface area contributed by atoms with Crippen molar-refractivity contribution in [3.05, 3.63) is 24.3 Å². The monoisotopic (exact) mass is 445 g/mol. The number of aromatic nitrogens is 3. The number of urea groups is 1. The average Bonchev–Trinajstić information content (AvgIpc) is 3.18. The van der Waals surface area contributed by atoms with E-state index in [0.29, 0.717) is 5.16 Å². The first-order valence-electron chi connectivity index (χ1n) is 10.8. The third-order valence-corrected chi connectivity index (χ3v) is 6.41. The van der Waals surface area contributed by atoms with Gasteiger partial charge >= 0.3 is 6.03 Å². The molecule has 0 bridgehead atoms. The highest BCUT2D eigenvalue weighted by Gasteiger charge is 2.24. The van der Waals surface area contributed by atoms with E-state index in [0.717, 1.165) is 42.8 Å². The maximum absolute atomic E-state index is 12.6. The van der Waals surface area contributed by atoms with E-state index in [9.17, 15) is 9.59 Å². The van der Waals surface area contributed by atoms with E-state index in [4.69, 9.17) is 4.74 Å². The Balaban J connectivity index is 1.65. The van der Waals surface area contributed by atoms with Gasteiger partial charge in [-0.1, -0.05) is 31.0 Å². The Morgan fingerprint density at radius 3 is 2.39 bits per heavy atom. The molecule has 2 aromatic rings. The summed E-state index contributed by atoms with van der Waals surface area (Å²) in [6.07, 6.45) is 5.38. The highest BCUT2D eigenvalue weighted by molar-refractivity contribution is 8.00. The fourth-order valence-electron chi connectivity index (χ4n) is 3.65. The van der Waals surface area contributed by atoms with Crippen molar-refractivity contribution in [1.29, 1.82) is 0 Å². The molecule has 168 valence electrons. The van der Waals surface area contributed by atoms with Crippen molar-refractivity contribution >= 4 is 23.7 Å². The first-order valence-corrected chi connectivity index (χ1v) is 11.6. The van der Waals surface area contributed by atoms with Crippen LogP contribution in [0.5, 0.6) is 5.75 Å². The van der Waals surface area contributed by atoms with Crippen molar-refractivity contribution in [2.45, 2.75) is 75.4 Å². The average molecular weight is 446 g/mol. The van der Waals surface area contributed by atoms with Gasteiger partial charge in [-0.3, -0.25) is 14.7 Å². The SMILES string of the molecule is COc1ccc(-c2nnc(S[C@H](C)C(=O)NC(=O)NC3CCCCC3)n2C(C)C)cc1. The number of nitrogens with zero attached hydrogens (tertiary/aromatic N) is 3. The number of nitrogens with one attached hydrogen (secondary N) is 2. The molecule has 8 nitrogen and oxygen atoms in total. The summed E-state index contributed by atoms with van der Waals surface area (Å²) in [6.45, 7) is 5.85. The van der Waals surface area contributed by atoms with E-state index in [2.05, 4.69) is 20.8 Å². The van der Waals surface area contributed by atoms with Crippen LogP contribution >= 0.6 is 11.8 Å². The van der Waals surface area contributed by atoms with Gasteiger partial charge in [-0.25, -0.2) is 4.79 Å². The molecular formula is C22H31N5O3S. The van der Waals surface area contributed by atoms with Crippen LogP contribution in [0.4, 0.5) is 4.79 Å². The zero-order valence-corrected chi connectivity index (χ0v) is 19.4. The predicted molar refractivity (Wildman–Crippen MR) is 121 cm³/mol. The number of benzene rings is 1. The van der Waals surface area contributed by atoms with Crippen LogP contribution in [-0.2, 0) is 4.79 Å². The highest BCUT2D eigenvalue weighted by atomic mass is 32.2. The van der Waals surface area contributed by atoms with Crippen LogP contribution in [0.3, 0.4) is 0 Å². The summed E-state index contributed by atoms with van der Waals surface area (Å²) in [4.78, 5) is 24.8. The van der Waals surface area contributed by atoms with Crippen LogP contribution in [0, 0.1) is 0 Å². The smallest absolute Gasteiger partial charge is 0.321 e. The number of amides is 3. The molecule has 0 radical (unpaired) electrons. The van der Waals surface area contributed by atoms with Gasteiger partial charge in [0.15, 0.2) is 11.0 Å². The molecule has 1 atom stereocenters. The topological polar surface area (TPSA) is 98.1 Å². The summed E-state index contributed by atoms with van der Waals surface area (Å²) in [7, 11) is 1.63. The molecule has 0 aliphatic heterocycles. The number of thioether (sulfide) groups is 1. The number of imide groups is 1. The molecule has 0 saturated heterocycles. The lowest BCUT2D eigenvalue weighted by molar-refractivity contribution is -0.119. The Hall–Kier alpha value is -2.55. The van der Waals surface area contributed by atoms with Gasteiger partial charge < -0.3 is 10.1 Å². The molecule has 9 heteroatoms. The second-order valence-electron chi connectivity index (χ2n) is 8.06. The predicted octanol–water partition coefficient (Wildman–Crippen LogP) is 4.17. The molecule has 1 saturated carbocycles. The fourth-order valence-corrected chi connectivity index (χ4v) is 4.63. The molecule has 3 amide bonds. The first-order chi connectivity index (χ1) is 14.9. The number of ether oxygens (including phenoxy) is 1. The van der Waals surface area contributed by atoms with Crippen molar-refractivity contribution in [1.82, 2.24) is 25.4 Å². The third kappa shape index (κ3) is 6.00. The van der Waals surface area contributed by atoms with Crippen molar-refractivity contribution in [2.75, 3.05) is 7.11 Å². The van der Waals surface area contributed by atoms with Gasteiger partial charge in [-0.05, 0) is 57.9 Å². The Kier molecular flexibility index (Phi) is 7.95. The summed E-state index contributed by atoms with van der Waals surface area (Å²) in [5.74, 6) is 1.15. The van der Waals surface area contributed by atoms with Gasteiger partial charge in [-0.2, -0.15) is 0 Å².